The molecule has 0 saturated carbocycles. The van der Waals surface area contributed by atoms with Gasteiger partial charge in [-0.2, -0.15) is 15.0 Å². The van der Waals surface area contributed by atoms with Gasteiger partial charge in [-0.15, -0.1) is 0 Å². The lowest BCUT2D eigenvalue weighted by atomic mass is 9.99. The molecular formula is C14H25N7. The van der Waals surface area contributed by atoms with Gasteiger partial charge >= 0.3 is 0 Å². The summed E-state index contributed by atoms with van der Waals surface area (Å²) in [5, 5.41) is 6.54. The highest BCUT2D eigenvalue weighted by atomic mass is 15.3. The van der Waals surface area contributed by atoms with Crippen molar-refractivity contribution < 1.29 is 0 Å². The summed E-state index contributed by atoms with van der Waals surface area (Å²) < 4.78 is 0. The maximum Gasteiger partial charge on any atom is 0.231 e. The largest absolute Gasteiger partial charge is 0.357 e. The number of anilines is 3. The molecule has 3 heterocycles. The zero-order valence-corrected chi connectivity index (χ0v) is 13.1. The molecule has 2 atom stereocenters. The minimum atomic E-state index is 0.451. The molecule has 2 aliphatic rings. The summed E-state index contributed by atoms with van der Waals surface area (Å²) in [5.74, 6) is 1.96. The van der Waals surface area contributed by atoms with Crippen LogP contribution < -0.4 is 15.5 Å². The summed E-state index contributed by atoms with van der Waals surface area (Å²) in [7, 11) is 5.71. The average molecular weight is 291 g/mol. The fraction of sp³-hybridized carbons (Fsp3) is 0.786. The molecule has 116 valence electrons. The van der Waals surface area contributed by atoms with Crippen LogP contribution in [0.5, 0.6) is 0 Å². The highest BCUT2D eigenvalue weighted by Gasteiger charge is 2.35. The predicted octanol–water partition coefficient (Wildman–Crippen LogP) is 1.02. The van der Waals surface area contributed by atoms with E-state index in [2.05, 4.69) is 30.5 Å². The van der Waals surface area contributed by atoms with Gasteiger partial charge in [-0.25, -0.2) is 0 Å². The number of nitrogens with one attached hydrogen (secondary N) is 2. The van der Waals surface area contributed by atoms with Crippen LogP contribution >= 0.6 is 0 Å². The van der Waals surface area contributed by atoms with E-state index in [9.17, 15) is 0 Å². The zero-order chi connectivity index (χ0) is 14.8. The van der Waals surface area contributed by atoms with E-state index in [1.165, 1.54) is 38.8 Å². The predicted molar refractivity (Wildman–Crippen MR) is 84.9 cm³/mol. The highest BCUT2D eigenvalue weighted by molar-refractivity contribution is 5.43. The summed E-state index contributed by atoms with van der Waals surface area (Å²) in [4.78, 5) is 17.8. The summed E-state index contributed by atoms with van der Waals surface area (Å²) in [6.45, 7) is 2.43. The van der Waals surface area contributed by atoms with Crippen LogP contribution in [-0.4, -0.2) is 66.2 Å². The fourth-order valence-corrected chi connectivity index (χ4v) is 3.32. The smallest absolute Gasteiger partial charge is 0.231 e. The normalized spacial score (nSPS) is 25.5. The maximum atomic E-state index is 4.52. The molecule has 0 aromatic carbocycles. The van der Waals surface area contributed by atoms with Gasteiger partial charge in [0.2, 0.25) is 17.8 Å². The molecule has 3 rings (SSSR count). The Labute approximate surface area is 126 Å². The molecule has 0 bridgehead atoms. The molecule has 2 N–H and O–H groups in total. The van der Waals surface area contributed by atoms with E-state index in [1.54, 1.807) is 0 Å². The van der Waals surface area contributed by atoms with Gasteiger partial charge in [0.25, 0.3) is 0 Å². The number of piperidine rings is 1. The molecule has 2 unspecified atom stereocenters. The van der Waals surface area contributed by atoms with Gasteiger partial charge in [0.15, 0.2) is 0 Å². The standard InChI is InChI=1S/C14H25N7/c1-15-12-17-13(19-14(18-12)20(2)3)16-10-7-9-21-8-5-4-6-11(10)21/h10-11H,4-9H2,1-3H3,(H2,15,16,17,18,19). The summed E-state index contributed by atoms with van der Waals surface area (Å²) in [6.07, 6.45) is 5.12. The van der Waals surface area contributed by atoms with Gasteiger partial charge in [-0.1, -0.05) is 6.42 Å². The van der Waals surface area contributed by atoms with Crippen LogP contribution in [0.25, 0.3) is 0 Å². The Morgan fingerprint density at radius 2 is 1.86 bits per heavy atom. The van der Waals surface area contributed by atoms with E-state index in [1.807, 2.05) is 26.0 Å². The molecular weight excluding hydrogens is 266 g/mol. The van der Waals surface area contributed by atoms with Crippen LogP contribution in [0.15, 0.2) is 0 Å². The van der Waals surface area contributed by atoms with Gasteiger partial charge in [0.1, 0.15) is 0 Å². The Morgan fingerprint density at radius 1 is 1.05 bits per heavy atom. The lowest BCUT2D eigenvalue weighted by Crippen LogP contribution is -2.42. The topological polar surface area (TPSA) is 69.2 Å². The minimum Gasteiger partial charge on any atom is -0.357 e. The molecule has 0 spiro atoms. The fourth-order valence-electron chi connectivity index (χ4n) is 3.32. The highest BCUT2D eigenvalue weighted by Crippen LogP contribution is 2.29. The number of aromatic nitrogens is 3. The zero-order valence-electron chi connectivity index (χ0n) is 13.1. The second kappa shape index (κ2) is 6.01. The van der Waals surface area contributed by atoms with E-state index < -0.39 is 0 Å². The van der Waals surface area contributed by atoms with Crippen LogP contribution in [-0.2, 0) is 0 Å². The van der Waals surface area contributed by atoms with Crippen molar-refractivity contribution in [3.8, 4) is 0 Å². The number of hydrogen-bond donors (Lipinski definition) is 2. The Hall–Kier alpha value is -1.63. The van der Waals surface area contributed by atoms with E-state index in [4.69, 9.17) is 0 Å². The molecule has 0 aliphatic carbocycles. The Bertz CT molecular complexity index is 490. The van der Waals surface area contributed by atoms with Crippen molar-refractivity contribution in [3.05, 3.63) is 0 Å². The second-order valence-corrected chi connectivity index (χ2v) is 6.07. The SMILES string of the molecule is CNc1nc(NC2CCN3CCCCC23)nc(N(C)C)n1. The van der Waals surface area contributed by atoms with Crippen molar-refractivity contribution in [2.75, 3.05) is 49.8 Å². The van der Waals surface area contributed by atoms with Crippen LogP contribution in [0.2, 0.25) is 0 Å². The lowest BCUT2D eigenvalue weighted by Gasteiger charge is -2.32. The average Bonchev–Trinajstić information content (AvgIpc) is 2.90. The Balaban J connectivity index is 1.76. The summed E-state index contributed by atoms with van der Waals surface area (Å²) >= 11 is 0. The van der Waals surface area contributed by atoms with E-state index in [-0.39, 0.29) is 0 Å². The van der Waals surface area contributed by atoms with Gasteiger partial charge in [-0.3, -0.25) is 4.90 Å². The Morgan fingerprint density at radius 3 is 2.62 bits per heavy atom. The first-order valence-corrected chi connectivity index (χ1v) is 7.79. The first-order chi connectivity index (χ1) is 10.2. The molecule has 1 aromatic rings. The van der Waals surface area contributed by atoms with Crippen molar-refractivity contribution in [3.63, 3.8) is 0 Å². The van der Waals surface area contributed by atoms with Crippen LogP contribution in [0.3, 0.4) is 0 Å². The van der Waals surface area contributed by atoms with Crippen molar-refractivity contribution in [1.82, 2.24) is 19.9 Å². The third-order valence-corrected chi connectivity index (χ3v) is 4.42. The first-order valence-electron chi connectivity index (χ1n) is 7.79. The summed E-state index contributed by atoms with van der Waals surface area (Å²) in [6, 6.07) is 1.09. The van der Waals surface area contributed by atoms with E-state index in [0.717, 1.165) is 0 Å². The molecule has 1 aromatic heterocycles. The molecule has 2 fully saturated rings. The monoisotopic (exact) mass is 291 g/mol. The van der Waals surface area contributed by atoms with Gasteiger partial charge < -0.3 is 15.5 Å². The first kappa shape index (κ1) is 14.3. The number of hydrogen-bond acceptors (Lipinski definition) is 7. The number of fused-ring (bicyclic) bond motifs is 1. The van der Waals surface area contributed by atoms with Gasteiger partial charge in [0, 0.05) is 39.8 Å². The van der Waals surface area contributed by atoms with Crippen LogP contribution in [0, 0.1) is 0 Å². The molecule has 0 radical (unpaired) electrons. The number of rotatable bonds is 4. The van der Waals surface area contributed by atoms with E-state index >= 15 is 0 Å². The molecule has 0 amide bonds. The van der Waals surface area contributed by atoms with Crippen molar-refractivity contribution in [1.29, 1.82) is 0 Å². The molecule has 7 heteroatoms. The van der Waals surface area contributed by atoms with Gasteiger partial charge in [0.05, 0.1) is 0 Å². The van der Waals surface area contributed by atoms with Crippen molar-refractivity contribution >= 4 is 17.8 Å². The third kappa shape index (κ3) is 3.02. The number of nitrogens with zero attached hydrogens (tertiary/aromatic N) is 5. The lowest BCUT2D eigenvalue weighted by molar-refractivity contribution is 0.192. The van der Waals surface area contributed by atoms with Crippen LogP contribution in [0.4, 0.5) is 17.8 Å². The quantitative estimate of drug-likeness (QED) is 0.858. The van der Waals surface area contributed by atoms with Crippen molar-refractivity contribution in [2.45, 2.75) is 37.8 Å². The maximum absolute atomic E-state index is 4.52. The third-order valence-electron chi connectivity index (χ3n) is 4.42. The van der Waals surface area contributed by atoms with Crippen LogP contribution in [0.1, 0.15) is 25.7 Å². The minimum absolute atomic E-state index is 0.451. The van der Waals surface area contributed by atoms with E-state index in [0.29, 0.717) is 29.9 Å². The van der Waals surface area contributed by atoms with Crippen molar-refractivity contribution in [2.24, 2.45) is 0 Å². The van der Waals surface area contributed by atoms with Gasteiger partial charge in [-0.05, 0) is 25.8 Å². The Kier molecular flexibility index (Phi) is 4.10. The molecule has 2 saturated heterocycles. The summed E-state index contributed by atoms with van der Waals surface area (Å²) in [5.41, 5.74) is 0. The molecule has 2 aliphatic heterocycles. The second-order valence-electron chi connectivity index (χ2n) is 6.07. The molecule has 7 nitrogen and oxygen atoms in total. The molecule has 21 heavy (non-hydrogen) atoms.